The van der Waals surface area contributed by atoms with Crippen LogP contribution in [0.5, 0.6) is 0 Å². The van der Waals surface area contributed by atoms with E-state index in [9.17, 15) is 0 Å². The Morgan fingerprint density at radius 3 is 2.52 bits per heavy atom. The lowest BCUT2D eigenvalue weighted by atomic mass is 10.0. The molecule has 2 aromatic carbocycles. The maximum Gasteiger partial charge on any atom is 0.180 e. The average Bonchev–Trinajstić information content (AvgIpc) is 3.11. The molecule has 0 saturated heterocycles. The smallest absolute Gasteiger partial charge is 0.180 e. The average molecular weight is 276 g/mol. The van der Waals surface area contributed by atoms with Gasteiger partial charge in [-0.15, -0.1) is 0 Å². The van der Waals surface area contributed by atoms with E-state index in [2.05, 4.69) is 5.16 Å². The van der Waals surface area contributed by atoms with E-state index in [1.807, 2.05) is 54.6 Å². The molecule has 0 amide bonds. The van der Waals surface area contributed by atoms with Crippen molar-refractivity contribution in [3.05, 3.63) is 60.9 Å². The second-order valence-electron chi connectivity index (χ2n) is 4.78. The summed E-state index contributed by atoms with van der Waals surface area (Å²) in [6, 6.07) is 17.6. The molecule has 2 heterocycles. The van der Waals surface area contributed by atoms with Gasteiger partial charge in [0.05, 0.1) is 11.1 Å². The van der Waals surface area contributed by atoms with Gasteiger partial charge in [0.1, 0.15) is 11.8 Å². The molecule has 102 valence electrons. The Hall–Kier alpha value is -3.01. The summed E-state index contributed by atoms with van der Waals surface area (Å²) in [5, 5.41) is 4.89. The van der Waals surface area contributed by atoms with Crippen LogP contribution in [0, 0.1) is 0 Å². The number of nitrogens with zero attached hydrogens (tertiary/aromatic N) is 1. The summed E-state index contributed by atoms with van der Waals surface area (Å²) in [5.74, 6) is 1.00. The number of hydrogen-bond donors (Lipinski definition) is 1. The van der Waals surface area contributed by atoms with E-state index in [1.165, 1.54) is 0 Å². The molecule has 0 aliphatic heterocycles. The van der Waals surface area contributed by atoms with Crippen molar-refractivity contribution in [2.75, 3.05) is 5.73 Å². The highest BCUT2D eigenvalue weighted by Crippen LogP contribution is 2.40. The van der Waals surface area contributed by atoms with Crippen molar-refractivity contribution < 1.29 is 8.94 Å². The van der Waals surface area contributed by atoms with Gasteiger partial charge in [0.2, 0.25) is 0 Å². The van der Waals surface area contributed by atoms with Crippen molar-refractivity contribution in [2.45, 2.75) is 0 Å². The highest BCUT2D eigenvalue weighted by molar-refractivity contribution is 5.98. The third-order valence-corrected chi connectivity index (χ3v) is 3.51. The van der Waals surface area contributed by atoms with Crippen molar-refractivity contribution in [1.29, 1.82) is 0 Å². The maximum absolute atomic E-state index is 5.99. The molecule has 4 aromatic rings. The summed E-state index contributed by atoms with van der Waals surface area (Å²) >= 11 is 0. The van der Waals surface area contributed by atoms with E-state index in [0.29, 0.717) is 11.6 Å². The summed E-state index contributed by atoms with van der Waals surface area (Å²) in [6.45, 7) is 0. The van der Waals surface area contributed by atoms with Crippen LogP contribution in [0.1, 0.15) is 0 Å². The Bertz CT molecular complexity index is 907. The zero-order valence-electron chi connectivity index (χ0n) is 11.1. The van der Waals surface area contributed by atoms with Gasteiger partial charge in [-0.3, -0.25) is 0 Å². The lowest BCUT2D eigenvalue weighted by molar-refractivity contribution is 0.435. The quantitative estimate of drug-likeness (QED) is 0.591. The molecule has 21 heavy (non-hydrogen) atoms. The van der Waals surface area contributed by atoms with Crippen molar-refractivity contribution in [1.82, 2.24) is 5.16 Å². The Kier molecular flexibility index (Phi) is 2.54. The number of para-hydroxylation sites is 1. The summed E-state index contributed by atoms with van der Waals surface area (Å²) in [4.78, 5) is 0. The molecule has 4 nitrogen and oxygen atoms in total. The highest BCUT2D eigenvalue weighted by Gasteiger charge is 2.20. The van der Waals surface area contributed by atoms with Crippen LogP contribution in [-0.4, -0.2) is 5.16 Å². The van der Waals surface area contributed by atoms with E-state index in [0.717, 1.165) is 27.7 Å². The number of furan rings is 1. The number of nitrogen functional groups attached to an aromatic ring is 1. The minimum absolute atomic E-state index is 0.376. The number of rotatable bonds is 2. The fourth-order valence-electron chi connectivity index (χ4n) is 2.52. The first-order chi connectivity index (χ1) is 10.3. The van der Waals surface area contributed by atoms with Gasteiger partial charge >= 0.3 is 0 Å². The van der Waals surface area contributed by atoms with Crippen LogP contribution >= 0.6 is 0 Å². The molecule has 0 aliphatic carbocycles. The minimum Gasteiger partial charge on any atom is -0.464 e. The Morgan fingerprint density at radius 1 is 0.905 bits per heavy atom. The van der Waals surface area contributed by atoms with Crippen LogP contribution < -0.4 is 5.73 Å². The van der Waals surface area contributed by atoms with Crippen molar-refractivity contribution in [3.8, 4) is 22.5 Å². The molecule has 0 atom stereocenters. The second kappa shape index (κ2) is 4.52. The largest absolute Gasteiger partial charge is 0.464 e. The minimum atomic E-state index is 0.376. The molecule has 0 fully saturated rings. The monoisotopic (exact) mass is 276 g/mol. The first-order valence-electron chi connectivity index (χ1n) is 6.62. The normalized spacial score (nSPS) is 11.0. The topological polar surface area (TPSA) is 65.2 Å². The number of hydrogen-bond acceptors (Lipinski definition) is 4. The molecule has 4 rings (SSSR count). The van der Waals surface area contributed by atoms with Crippen LogP contribution in [0.25, 0.3) is 33.4 Å². The lowest BCUT2D eigenvalue weighted by Gasteiger charge is -2.01. The van der Waals surface area contributed by atoms with Crippen LogP contribution in [0.2, 0.25) is 0 Å². The molecule has 4 heteroatoms. The van der Waals surface area contributed by atoms with Gasteiger partial charge in [-0.25, -0.2) is 0 Å². The van der Waals surface area contributed by atoms with E-state index >= 15 is 0 Å². The molecule has 0 spiro atoms. The van der Waals surface area contributed by atoms with Crippen molar-refractivity contribution >= 4 is 16.8 Å². The second-order valence-corrected chi connectivity index (χ2v) is 4.78. The van der Waals surface area contributed by atoms with Gasteiger partial charge in [-0.05, 0) is 11.6 Å². The van der Waals surface area contributed by atoms with Crippen molar-refractivity contribution in [3.63, 3.8) is 0 Å². The van der Waals surface area contributed by atoms with Gasteiger partial charge in [0, 0.05) is 5.39 Å². The summed E-state index contributed by atoms with van der Waals surface area (Å²) in [7, 11) is 0. The van der Waals surface area contributed by atoms with Crippen LogP contribution in [0.4, 0.5) is 5.82 Å². The summed E-state index contributed by atoms with van der Waals surface area (Å²) in [6.07, 6.45) is 1.68. The number of nitrogens with two attached hydrogens (primary N) is 1. The number of aromatic nitrogens is 1. The fraction of sp³-hybridized carbons (Fsp3) is 0. The Labute approximate surface area is 120 Å². The summed E-state index contributed by atoms with van der Waals surface area (Å²) < 4.78 is 11.0. The first kappa shape index (κ1) is 11.8. The van der Waals surface area contributed by atoms with Gasteiger partial charge in [0.25, 0.3) is 0 Å². The zero-order valence-corrected chi connectivity index (χ0v) is 11.1. The number of fused-ring (bicyclic) bond motifs is 1. The van der Waals surface area contributed by atoms with Crippen LogP contribution in [0.3, 0.4) is 0 Å². The van der Waals surface area contributed by atoms with Crippen LogP contribution in [0.15, 0.2) is 69.8 Å². The molecule has 0 unspecified atom stereocenters. The van der Waals surface area contributed by atoms with Gasteiger partial charge in [-0.1, -0.05) is 53.7 Å². The van der Waals surface area contributed by atoms with Gasteiger partial charge in [0.15, 0.2) is 11.6 Å². The van der Waals surface area contributed by atoms with E-state index in [1.54, 1.807) is 6.26 Å². The van der Waals surface area contributed by atoms with E-state index in [4.69, 9.17) is 14.7 Å². The fourth-order valence-corrected chi connectivity index (χ4v) is 2.52. The Morgan fingerprint density at radius 2 is 1.67 bits per heavy atom. The Balaban J connectivity index is 1.98. The molecule has 0 aliphatic rings. The molecular weight excluding hydrogens is 264 g/mol. The van der Waals surface area contributed by atoms with Crippen LogP contribution in [-0.2, 0) is 0 Å². The van der Waals surface area contributed by atoms with Crippen molar-refractivity contribution in [2.24, 2.45) is 0 Å². The van der Waals surface area contributed by atoms with Gasteiger partial charge in [-0.2, -0.15) is 0 Å². The molecule has 2 aromatic heterocycles. The molecule has 0 bridgehead atoms. The lowest BCUT2D eigenvalue weighted by Crippen LogP contribution is -1.88. The third kappa shape index (κ3) is 1.80. The first-order valence-corrected chi connectivity index (χ1v) is 6.62. The maximum atomic E-state index is 5.99. The molecule has 0 radical (unpaired) electrons. The summed E-state index contributed by atoms with van der Waals surface area (Å²) in [5.41, 5.74) is 9.41. The van der Waals surface area contributed by atoms with E-state index < -0.39 is 0 Å². The predicted molar refractivity (Wildman–Crippen MR) is 81.6 cm³/mol. The third-order valence-electron chi connectivity index (χ3n) is 3.51. The molecule has 0 saturated carbocycles. The van der Waals surface area contributed by atoms with E-state index in [-0.39, 0.29) is 0 Å². The van der Waals surface area contributed by atoms with Gasteiger partial charge < -0.3 is 14.7 Å². The zero-order chi connectivity index (χ0) is 14.2. The SMILES string of the molecule is Nc1noc(-c2coc3ccccc23)c1-c1ccccc1. The highest BCUT2D eigenvalue weighted by atomic mass is 16.5. The molecule has 2 N–H and O–H groups in total. The predicted octanol–water partition coefficient (Wildman–Crippen LogP) is 4.34. The molecular formula is C17H12N2O2. The number of benzene rings is 2. The standard InChI is InChI=1S/C17H12N2O2/c18-17-15(11-6-2-1-3-7-11)16(21-19-17)13-10-20-14-9-5-4-8-12(13)14/h1-10H,(H2,18,19). The number of anilines is 1.